The van der Waals surface area contributed by atoms with Crippen LogP contribution in [0.25, 0.3) is 0 Å². The van der Waals surface area contributed by atoms with Crippen molar-refractivity contribution in [2.45, 2.75) is 32.3 Å². The van der Waals surface area contributed by atoms with E-state index in [1.807, 2.05) is 30.3 Å². The molecule has 0 spiro atoms. The summed E-state index contributed by atoms with van der Waals surface area (Å²) in [6.45, 7) is 0.0777. The highest BCUT2D eigenvalue weighted by molar-refractivity contribution is 6.33. The Labute approximate surface area is 152 Å². The van der Waals surface area contributed by atoms with Crippen LogP contribution in [0.1, 0.15) is 41.6 Å². The van der Waals surface area contributed by atoms with Crippen molar-refractivity contribution in [2.75, 3.05) is 7.11 Å². The molecule has 26 heavy (non-hydrogen) atoms. The molecule has 0 unspecified atom stereocenters. The molecule has 2 rings (SSSR count). The van der Waals surface area contributed by atoms with Crippen LogP contribution in [-0.2, 0) is 20.9 Å². The molecule has 2 aromatic rings. The summed E-state index contributed by atoms with van der Waals surface area (Å²) in [6, 6.07) is 12.4. The van der Waals surface area contributed by atoms with Crippen LogP contribution in [0.15, 0.2) is 48.7 Å². The molecule has 0 saturated carbocycles. The Balaban J connectivity index is 1.65. The average molecular weight is 355 g/mol. The molecular weight excluding hydrogens is 334 g/mol. The number of hydrogen-bond donors (Lipinski definition) is 0. The molecule has 0 aliphatic rings. The lowest BCUT2D eigenvalue weighted by atomic mass is 10.1. The molecule has 0 amide bonds. The first-order chi connectivity index (χ1) is 12.6. The van der Waals surface area contributed by atoms with E-state index in [1.165, 1.54) is 13.3 Å². The molecule has 0 aliphatic carbocycles. The molecule has 0 radical (unpaired) electrons. The zero-order chi connectivity index (χ0) is 18.8. The summed E-state index contributed by atoms with van der Waals surface area (Å²) in [4.78, 5) is 39.4. The monoisotopic (exact) mass is 355 g/mol. The van der Waals surface area contributed by atoms with Crippen molar-refractivity contribution in [1.82, 2.24) is 4.98 Å². The summed E-state index contributed by atoms with van der Waals surface area (Å²) in [6.07, 6.45) is 2.80. The Hall–Kier alpha value is -3.02. The Morgan fingerprint density at radius 2 is 1.69 bits per heavy atom. The second kappa shape index (κ2) is 10.1. The van der Waals surface area contributed by atoms with E-state index < -0.39 is 11.8 Å². The van der Waals surface area contributed by atoms with E-state index in [2.05, 4.69) is 4.98 Å². The number of pyridine rings is 1. The van der Waals surface area contributed by atoms with Gasteiger partial charge in [-0.15, -0.1) is 0 Å². The molecule has 0 atom stereocenters. The number of ketones is 2. The first kappa shape index (κ1) is 19.3. The molecule has 6 heteroatoms. The van der Waals surface area contributed by atoms with Gasteiger partial charge in [-0.05, 0) is 24.5 Å². The highest BCUT2D eigenvalue weighted by atomic mass is 16.5. The summed E-state index contributed by atoms with van der Waals surface area (Å²) in [5, 5.41) is 0. The van der Waals surface area contributed by atoms with Crippen molar-refractivity contribution in [1.29, 1.82) is 0 Å². The van der Waals surface area contributed by atoms with Crippen LogP contribution in [0.5, 0.6) is 5.88 Å². The van der Waals surface area contributed by atoms with Crippen molar-refractivity contribution in [3.05, 3.63) is 59.8 Å². The van der Waals surface area contributed by atoms with E-state index in [0.29, 0.717) is 30.7 Å². The fourth-order valence-electron chi connectivity index (χ4n) is 2.29. The molecule has 0 saturated heterocycles. The van der Waals surface area contributed by atoms with Crippen molar-refractivity contribution < 1.29 is 23.9 Å². The summed E-state index contributed by atoms with van der Waals surface area (Å²) in [7, 11) is 1.51. The number of benzene rings is 1. The fourth-order valence-corrected chi connectivity index (χ4v) is 2.29. The van der Waals surface area contributed by atoms with E-state index in [1.54, 1.807) is 12.1 Å². The molecule has 1 heterocycles. The lowest BCUT2D eigenvalue weighted by Gasteiger charge is -2.04. The van der Waals surface area contributed by atoms with Crippen molar-refractivity contribution >= 4 is 17.5 Å². The molecule has 6 nitrogen and oxygen atoms in total. The lowest BCUT2D eigenvalue weighted by molar-refractivity contribution is -0.154. The number of rotatable bonds is 10. The maximum Gasteiger partial charge on any atom is 0.374 e. The maximum atomic E-state index is 12.0. The van der Waals surface area contributed by atoms with Crippen LogP contribution >= 0.6 is 0 Å². The second-order valence-electron chi connectivity index (χ2n) is 5.70. The first-order valence-electron chi connectivity index (χ1n) is 8.37. The molecule has 0 fully saturated rings. The van der Waals surface area contributed by atoms with Crippen molar-refractivity contribution in [2.24, 2.45) is 0 Å². The van der Waals surface area contributed by atoms with E-state index in [-0.39, 0.29) is 18.8 Å². The summed E-state index contributed by atoms with van der Waals surface area (Å²) < 4.78 is 9.92. The van der Waals surface area contributed by atoms with Gasteiger partial charge in [0.1, 0.15) is 6.61 Å². The molecule has 1 aromatic heterocycles. The lowest BCUT2D eigenvalue weighted by Crippen LogP contribution is -2.17. The van der Waals surface area contributed by atoms with Crippen molar-refractivity contribution in [3.63, 3.8) is 0 Å². The predicted octanol–water partition coefficient (Wildman–Crippen LogP) is 3.15. The quantitative estimate of drug-likeness (QED) is 0.282. The number of carbonyl (C=O) groups is 3. The number of hydrogen-bond acceptors (Lipinski definition) is 6. The standard InChI is InChI=1S/C20H21NO5/c1-25-19-12-11-16(13-21-19)17(22)9-5-6-10-18(23)20(24)26-14-15-7-3-2-4-8-15/h2-4,7-8,11-13H,5-6,9-10,14H2,1H3. The smallest absolute Gasteiger partial charge is 0.374 e. The SMILES string of the molecule is COc1ccc(C(=O)CCCCC(=O)C(=O)OCc2ccccc2)cn1. The zero-order valence-corrected chi connectivity index (χ0v) is 14.6. The highest BCUT2D eigenvalue weighted by Crippen LogP contribution is 2.11. The van der Waals surface area contributed by atoms with Crippen LogP contribution in [0, 0.1) is 0 Å². The van der Waals surface area contributed by atoms with Gasteiger partial charge in [0.15, 0.2) is 5.78 Å². The number of nitrogens with zero attached hydrogens (tertiary/aromatic N) is 1. The van der Waals surface area contributed by atoms with Gasteiger partial charge in [-0.3, -0.25) is 9.59 Å². The number of esters is 1. The van der Waals surface area contributed by atoms with Gasteiger partial charge in [-0.1, -0.05) is 30.3 Å². The first-order valence-corrected chi connectivity index (χ1v) is 8.37. The van der Waals surface area contributed by atoms with Crippen LogP contribution in [0.2, 0.25) is 0 Å². The molecule has 0 aliphatic heterocycles. The summed E-state index contributed by atoms with van der Waals surface area (Å²) >= 11 is 0. The van der Waals surface area contributed by atoms with E-state index >= 15 is 0 Å². The minimum absolute atomic E-state index is 0.0562. The predicted molar refractivity (Wildman–Crippen MR) is 94.8 cm³/mol. The van der Waals surface area contributed by atoms with E-state index in [9.17, 15) is 14.4 Å². The third kappa shape index (κ3) is 6.12. The molecule has 136 valence electrons. The largest absolute Gasteiger partial charge is 0.481 e. The number of aromatic nitrogens is 1. The van der Waals surface area contributed by atoms with Gasteiger partial charge in [0.25, 0.3) is 0 Å². The van der Waals surface area contributed by atoms with E-state index in [4.69, 9.17) is 9.47 Å². The Morgan fingerprint density at radius 3 is 2.35 bits per heavy atom. The number of ether oxygens (including phenoxy) is 2. The number of Topliss-reactive ketones (excluding diaryl/α,β-unsaturated/α-hetero) is 2. The van der Waals surface area contributed by atoms with Crippen molar-refractivity contribution in [3.8, 4) is 5.88 Å². The topological polar surface area (TPSA) is 82.6 Å². The summed E-state index contributed by atoms with van der Waals surface area (Å²) in [5.41, 5.74) is 1.33. The second-order valence-corrected chi connectivity index (χ2v) is 5.70. The van der Waals surface area contributed by atoms with Crippen LogP contribution < -0.4 is 4.74 Å². The fraction of sp³-hybridized carbons (Fsp3) is 0.300. The van der Waals surface area contributed by atoms with Gasteiger partial charge in [0, 0.05) is 30.7 Å². The van der Waals surface area contributed by atoms with E-state index in [0.717, 1.165) is 5.56 Å². The van der Waals surface area contributed by atoms with Gasteiger partial charge in [-0.2, -0.15) is 0 Å². The summed E-state index contributed by atoms with van der Waals surface area (Å²) in [5.74, 6) is -1.01. The Kier molecular flexibility index (Phi) is 7.49. The van der Waals surface area contributed by atoms with Crippen LogP contribution in [0.4, 0.5) is 0 Å². The Morgan fingerprint density at radius 1 is 0.962 bits per heavy atom. The third-order valence-corrected chi connectivity index (χ3v) is 3.77. The normalized spacial score (nSPS) is 10.2. The highest BCUT2D eigenvalue weighted by Gasteiger charge is 2.15. The minimum Gasteiger partial charge on any atom is -0.481 e. The minimum atomic E-state index is -0.834. The molecule has 0 N–H and O–H groups in total. The Bertz CT molecular complexity index is 741. The zero-order valence-electron chi connectivity index (χ0n) is 14.6. The van der Waals surface area contributed by atoms with Gasteiger partial charge < -0.3 is 9.47 Å². The third-order valence-electron chi connectivity index (χ3n) is 3.77. The van der Waals surface area contributed by atoms with Crippen LogP contribution in [-0.4, -0.2) is 29.6 Å². The molecule has 1 aromatic carbocycles. The van der Waals surface area contributed by atoms with Gasteiger partial charge in [-0.25, -0.2) is 9.78 Å². The van der Waals surface area contributed by atoms with Gasteiger partial charge in [0.05, 0.1) is 7.11 Å². The number of carbonyl (C=O) groups excluding carboxylic acids is 3. The molecular formula is C20H21NO5. The number of methoxy groups -OCH3 is 1. The average Bonchev–Trinajstić information content (AvgIpc) is 2.69. The van der Waals surface area contributed by atoms with Gasteiger partial charge >= 0.3 is 5.97 Å². The van der Waals surface area contributed by atoms with Gasteiger partial charge in [0.2, 0.25) is 11.7 Å². The molecule has 0 bridgehead atoms. The number of unbranched alkanes of at least 4 members (excludes halogenated alkanes) is 1. The van der Waals surface area contributed by atoms with Crippen LogP contribution in [0.3, 0.4) is 0 Å². The maximum absolute atomic E-state index is 12.0.